The number of benzene rings is 1. The second kappa shape index (κ2) is 6.66. The number of rotatable bonds is 3. The average molecular weight is 367 g/mol. The van der Waals surface area contributed by atoms with Crippen molar-refractivity contribution in [2.24, 2.45) is 18.9 Å². The minimum Gasteiger partial charge on any atom is -0.478 e. The van der Waals surface area contributed by atoms with E-state index in [2.05, 4.69) is 5.10 Å². The molecule has 8 heteroatoms. The molecule has 2 aliphatic rings. The molecular weight excluding hydrogens is 347 g/mol. The molecule has 2 atom stereocenters. The van der Waals surface area contributed by atoms with Crippen LogP contribution in [0.15, 0.2) is 30.5 Å². The molecule has 2 fully saturated rings. The van der Waals surface area contributed by atoms with Gasteiger partial charge in [0.25, 0.3) is 0 Å². The van der Waals surface area contributed by atoms with Crippen molar-refractivity contribution in [2.75, 3.05) is 5.73 Å². The van der Waals surface area contributed by atoms with Gasteiger partial charge in [0, 0.05) is 18.9 Å². The standard InChI is InChI=1S/C13H15NO2.C5H5F3N2/c14-12-4-3-8(13(15)16)5-11(12)10-6-9(10)7-1-2-7;1-10-3-2-4(9-10)5(6,7)8/h3-5,7,9-10H,1-2,6,14H2,(H,15,16);2-3H,1H3. The molecule has 140 valence electrons. The first-order valence-electron chi connectivity index (χ1n) is 8.36. The predicted molar refractivity (Wildman–Crippen MR) is 89.6 cm³/mol. The van der Waals surface area contributed by atoms with Gasteiger partial charge in [-0.3, -0.25) is 4.68 Å². The van der Waals surface area contributed by atoms with E-state index in [9.17, 15) is 18.0 Å². The Morgan fingerprint density at radius 2 is 2.00 bits per heavy atom. The van der Waals surface area contributed by atoms with Gasteiger partial charge in [-0.2, -0.15) is 18.3 Å². The highest BCUT2D eigenvalue weighted by atomic mass is 19.4. The van der Waals surface area contributed by atoms with Crippen LogP contribution >= 0.6 is 0 Å². The normalized spacial score (nSPS) is 21.7. The molecule has 0 radical (unpaired) electrons. The molecular formula is C18H20F3N3O2. The number of aromatic nitrogens is 2. The SMILES string of the molecule is Cn1ccc(C(F)(F)F)n1.Nc1ccc(C(=O)O)cc1C1CC1C1CC1. The maximum atomic E-state index is 11.7. The fourth-order valence-corrected chi connectivity index (χ4v) is 3.21. The molecule has 2 aliphatic carbocycles. The Morgan fingerprint density at radius 1 is 1.31 bits per heavy atom. The van der Waals surface area contributed by atoms with Crippen molar-refractivity contribution in [2.45, 2.75) is 31.4 Å². The zero-order valence-corrected chi connectivity index (χ0v) is 14.2. The van der Waals surface area contributed by atoms with Crippen LogP contribution in [0.25, 0.3) is 0 Å². The number of nitrogens with zero attached hydrogens (tertiary/aromatic N) is 2. The maximum absolute atomic E-state index is 11.7. The molecule has 1 aromatic heterocycles. The Labute approximate surface area is 148 Å². The van der Waals surface area contributed by atoms with E-state index >= 15 is 0 Å². The molecule has 5 nitrogen and oxygen atoms in total. The van der Waals surface area contributed by atoms with Crippen molar-refractivity contribution >= 4 is 11.7 Å². The van der Waals surface area contributed by atoms with Gasteiger partial charge in [0.2, 0.25) is 0 Å². The number of nitrogens with two attached hydrogens (primary N) is 1. The lowest BCUT2D eigenvalue weighted by Crippen LogP contribution is -2.06. The molecule has 4 rings (SSSR count). The Kier molecular flexibility index (Phi) is 4.68. The Balaban J connectivity index is 0.000000170. The maximum Gasteiger partial charge on any atom is 0.435 e. The van der Waals surface area contributed by atoms with Gasteiger partial charge in [0.1, 0.15) is 0 Å². The fourth-order valence-electron chi connectivity index (χ4n) is 3.21. The van der Waals surface area contributed by atoms with E-state index < -0.39 is 17.8 Å². The van der Waals surface area contributed by atoms with Gasteiger partial charge in [0.05, 0.1) is 5.56 Å². The minimum atomic E-state index is -4.32. The minimum absolute atomic E-state index is 0.352. The van der Waals surface area contributed by atoms with Gasteiger partial charge in [-0.1, -0.05) is 0 Å². The third-order valence-corrected chi connectivity index (χ3v) is 4.80. The van der Waals surface area contributed by atoms with E-state index in [1.807, 2.05) is 0 Å². The average Bonchev–Trinajstić information content (AvgIpc) is 3.45. The van der Waals surface area contributed by atoms with Crippen molar-refractivity contribution in [3.05, 3.63) is 47.3 Å². The molecule has 0 spiro atoms. The lowest BCUT2D eigenvalue weighted by molar-refractivity contribution is -0.141. The predicted octanol–water partition coefficient (Wildman–Crippen LogP) is 3.92. The topological polar surface area (TPSA) is 81.1 Å². The summed E-state index contributed by atoms with van der Waals surface area (Å²) in [5, 5.41) is 12.1. The zero-order chi connectivity index (χ0) is 19.1. The van der Waals surface area contributed by atoms with E-state index in [4.69, 9.17) is 10.8 Å². The van der Waals surface area contributed by atoms with Crippen LogP contribution in [0.3, 0.4) is 0 Å². The Morgan fingerprint density at radius 3 is 2.46 bits per heavy atom. The molecule has 1 aromatic carbocycles. The monoisotopic (exact) mass is 367 g/mol. The third-order valence-electron chi connectivity index (χ3n) is 4.80. The van der Waals surface area contributed by atoms with E-state index in [1.54, 1.807) is 18.2 Å². The van der Waals surface area contributed by atoms with Gasteiger partial charge in [-0.15, -0.1) is 0 Å². The number of anilines is 1. The summed E-state index contributed by atoms with van der Waals surface area (Å²) in [5.41, 5.74) is 7.22. The summed E-state index contributed by atoms with van der Waals surface area (Å²) in [6.45, 7) is 0. The lowest BCUT2D eigenvalue weighted by atomic mass is 10.0. The molecule has 1 heterocycles. The van der Waals surface area contributed by atoms with Crippen molar-refractivity contribution in [3.63, 3.8) is 0 Å². The number of nitrogen functional groups attached to an aromatic ring is 1. The first kappa shape index (κ1) is 18.3. The van der Waals surface area contributed by atoms with E-state index in [-0.39, 0.29) is 0 Å². The Hall–Kier alpha value is -2.51. The molecule has 0 amide bonds. The van der Waals surface area contributed by atoms with Gasteiger partial charge in [-0.05, 0) is 66.8 Å². The number of halogens is 3. The molecule has 26 heavy (non-hydrogen) atoms. The molecule has 0 bridgehead atoms. The van der Waals surface area contributed by atoms with E-state index in [0.717, 1.165) is 33.8 Å². The summed E-state index contributed by atoms with van der Waals surface area (Å²) in [6, 6.07) is 5.99. The van der Waals surface area contributed by atoms with Crippen molar-refractivity contribution in [3.8, 4) is 0 Å². The molecule has 0 aliphatic heterocycles. The summed E-state index contributed by atoms with van der Waals surface area (Å²) in [7, 11) is 1.44. The largest absolute Gasteiger partial charge is 0.478 e. The fraction of sp³-hybridized carbons (Fsp3) is 0.444. The summed E-state index contributed by atoms with van der Waals surface area (Å²) in [4.78, 5) is 10.9. The van der Waals surface area contributed by atoms with Gasteiger partial charge in [-0.25, -0.2) is 4.79 Å². The Bertz CT molecular complexity index is 812. The van der Waals surface area contributed by atoms with Crippen LogP contribution in [0.5, 0.6) is 0 Å². The number of carboxylic acid groups (broad SMARTS) is 1. The van der Waals surface area contributed by atoms with Crippen LogP contribution in [0.1, 0.15) is 46.8 Å². The molecule has 2 unspecified atom stereocenters. The number of alkyl halides is 3. The number of carbonyl (C=O) groups is 1. The summed E-state index contributed by atoms with van der Waals surface area (Å²) >= 11 is 0. The summed E-state index contributed by atoms with van der Waals surface area (Å²) < 4.78 is 36.3. The van der Waals surface area contributed by atoms with Crippen LogP contribution < -0.4 is 5.73 Å². The number of aromatic carboxylic acids is 1. The highest BCUT2D eigenvalue weighted by molar-refractivity contribution is 5.88. The van der Waals surface area contributed by atoms with Crippen LogP contribution in [0, 0.1) is 11.8 Å². The quantitative estimate of drug-likeness (QED) is 0.806. The first-order chi connectivity index (χ1) is 12.2. The van der Waals surface area contributed by atoms with Crippen LogP contribution in [-0.2, 0) is 13.2 Å². The zero-order valence-electron chi connectivity index (χ0n) is 14.2. The van der Waals surface area contributed by atoms with Gasteiger partial charge in [0.15, 0.2) is 5.69 Å². The highest BCUT2D eigenvalue weighted by Gasteiger charge is 2.48. The number of aryl methyl sites for hydroxylation is 1. The van der Waals surface area contributed by atoms with Crippen LogP contribution in [0.2, 0.25) is 0 Å². The van der Waals surface area contributed by atoms with Crippen LogP contribution in [0.4, 0.5) is 18.9 Å². The first-order valence-corrected chi connectivity index (χ1v) is 8.36. The van der Waals surface area contributed by atoms with Gasteiger partial charge >= 0.3 is 12.1 Å². The molecule has 3 N–H and O–H groups in total. The highest BCUT2D eigenvalue weighted by Crippen LogP contribution is 2.60. The summed E-state index contributed by atoms with van der Waals surface area (Å²) in [5.74, 6) is 1.31. The molecule has 2 saturated carbocycles. The lowest BCUT2D eigenvalue weighted by Gasteiger charge is -2.06. The smallest absolute Gasteiger partial charge is 0.435 e. The summed E-state index contributed by atoms with van der Waals surface area (Å²) in [6.07, 6.45) is 0.821. The second-order valence-corrected chi connectivity index (χ2v) is 6.86. The van der Waals surface area contributed by atoms with Crippen molar-refractivity contribution < 1.29 is 23.1 Å². The molecule has 0 saturated heterocycles. The van der Waals surface area contributed by atoms with Crippen molar-refractivity contribution in [1.82, 2.24) is 9.78 Å². The third kappa shape index (κ3) is 4.17. The second-order valence-electron chi connectivity index (χ2n) is 6.86. The van der Waals surface area contributed by atoms with Gasteiger partial charge < -0.3 is 10.8 Å². The van der Waals surface area contributed by atoms with E-state index in [1.165, 1.54) is 32.5 Å². The number of hydrogen-bond acceptors (Lipinski definition) is 3. The molecule has 2 aromatic rings. The van der Waals surface area contributed by atoms with E-state index in [0.29, 0.717) is 11.5 Å². The van der Waals surface area contributed by atoms with Crippen molar-refractivity contribution in [1.29, 1.82) is 0 Å². The number of hydrogen-bond donors (Lipinski definition) is 2. The van der Waals surface area contributed by atoms with Crippen LogP contribution in [-0.4, -0.2) is 20.9 Å². The number of carboxylic acids is 1.